The molecule has 4 aromatic rings. The van der Waals surface area contributed by atoms with Gasteiger partial charge in [0.1, 0.15) is 23.4 Å². The van der Waals surface area contributed by atoms with Crippen LogP contribution in [0.2, 0.25) is 0 Å². The van der Waals surface area contributed by atoms with E-state index in [1.54, 1.807) is 31.0 Å². The Hall–Kier alpha value is -3.98. The number of ether oxygens (including phenoxy) is 2. The van der Waals surface area contributed by atoms with Crippen LogP contribution in [0, 0.1) is 5.82 Å². The first kappa shape index (κ1) is 23.7. The summed E-state index contributed by atoms with van der Waals surface area (Å²) < 4.78 is 26.6. The van der Waals surface area contributed by atoms with E-state index in [2.05, 4.69) is 49.6 Å². The van der Waals surface area contributed by atoms with Gasteiger partial charge in [0.05, 0.1) is 20.8 Å². The van der Waals surface area contributed by atoms with Crippen LogP contribution < -0.4 is 14.4 Å². The molecule has 0 amide bonds. The molecule has 1 aliphatic rings. The fourth-order valence-corrected chi connectivity index (χ4v) is 4.71. The molecular weight excluding hydrogens is 459 g/mol. The molecule has 1 fully saturated rings. The van der Waals surface area contributed by atoms with Crippen LogP contribution in [0.4, 0.5) is 10.1 Å². The number of benzene rings is 3. The molecule has 0 aliphatic carbocycles. The second kappa shape index (κ2) is 10.7. The van der Waals surface area contributed by atoms with Crippen molar-refractivity contribution in [2.75, 3.05) is 45.3 Å². The molecule has 186 valence electrons. The van der Waals surface area contributed by atoms with Gasteiger partial charge in [-0.15, -0.1) is 5.10 Å². The third-order valence-electron chi connectivity index (χ3n) is 6.58. The molecule has 1 atom stereocenters. The first-order chi connectivity index (χ1) is 17.7. The Kier molecular flexibility index (Phi) is 7.08. The number of rotatable bonds is 8. The zero-order valence-electron chi connectivity index (χ0n) is 20.4. The number of anilines is 1. The molecule has 0 saturated carbocycles. The molecule has 0 radical (unpaired) electrons. The minimum absolute atomic E-state index is 0.261. The standard InChI is InChI=1S/C27H29FN6O2/c1-35-23-12-13-25(36-2)24(18-23)26(33-16-14-32(15-17-33)22-6-4-3-5-7-22)27-29-30-31-34(27)19-20-8-10-21(28)11-9-20/h3-13,18,26H,14-17,19H2,1-2H3/t26-/m0/s1. The summed E-state index contributed by atoms with van der Waals surface area (Å²) in [5, 5.41) is 12.8. The van der Waals surface area contributed by atoms with Gasteiger partial charge in [0.15, 0.2) is 5.82 Å². The lowest BCUT2D eigenvalue weighted by Gasteiger charge is -2.40. The van der Waals surface area contributed by atoms with Crippen LogP contribution in [0.15, 0.2) is 72.8 Å². The van der Waals surface area contributed by atoms with Gasteiger partial charge in [-0.05, 0) is 58.5 Å². The highest BCUT2D eigenvalue weighted by Crippen LogP contribution is 2.37. The number of para-hydroxylation sites is 1. The van der Waals surface area contributed by atoms with Gasteiger partial charge in [0, 0.05) is 37.4 Å². The number of halogens is 1. The summed E-state index contributed by atoms with van der Waals surface area (Å²) in [6, 6.07) is 22.4. The molecule has 1 saturated heterocycles. The number of hydrogen-bond acceptors (Lipinski definition) is 7. The van der Waals surface area contributed by atoms with E-state index in [0.717, 1.165) is 48.8 Å². The highest BCUT2D eigenvalue weighted by Gasteiger charge is 2.33. The SMILES string of the molecule is COc1ccc(OC)c([C@@H](c2nnnn2Cc2ccc(F)cc2)N2CCN(c3ccccc3)CC2)c1. The van der Waals surface area contributed by atoms with Crippen LogP contribution in [0.1, 0.15) is 23.0 Å². The Labute approximate surface area is 209 Å². The van der Waals surface area contributed by atoms with Gasteiger partial charge in [-0.2, -0.15) is 0 Å². The van der Waals surface area contributed by atoms with E-state index < -0.39 is 0 Å². The van der Waals surface area contributed by atoms with Gasteiger partial charge < -0.3 is 14.4 Å². The Morgan fingerprint density at radius 3 is 2.33 bits per heavy atom. The second-order valence-electron chi connectivity index (χ2n) is 8.69. The van der Waals surface area contributed by atoms with Gasteiger partial charge in [-0.3, -0.25) is 4.90 Å². The van der Waals surface area contributed by atoms with Crippen molar-refractivity contribution >= 4 is 5.69 Å². The van der Waals surface area contributed by atoms with E-state index in [1.165, 1.54) is 17.8 Å². The lowest BCUT2D eigenvalue weighted by molar-refractivity contribution is 0.197. The molecule has 9 heteroatoms. The van der Waals surface area contributed by atoms with Crippen molar-refractivity contribution in [3.8, 4) is 11.5 Å². The van der Waals surface area contributed by atoms with Crippen LogP contribution in [0.3, 0.4) is 0 Å². The Morgan fingerprint density at radius 2 is 1.64 bits per heavy atom. The molecule has 2 heterocycles. The average Bonchev–Trinajstić information content (AvgIpc) is 3.38. The van der Waals surface area contributed by atoms with Gasteiger partial charge in [0.25, 0.3) is 0 Å². The third kappa shape index (κ3) is 5.01. The predicted octanol–water partition coefficient (Wildman–Crippen LogP) is 3.79. The van der Waals surface area contributed by atoms with E-state index in [1.807, 2.05) is 24.3 Å². The largest absolute Gasteiger partial charge is 0.497 e. The highest BCUT2D eigenvalue weighted by atomic mass is 19.1. The fraction of sp³-hybridized carbons (Fsp3) is 0.296. The lowest BCUT2D eigenvalue weighted by Crippen LogP contribution is -2.48. The molecule has 1 aromatic heterocycles. The molecule has 1 aliphatic heterocycles. The normalized spacial score (nSPS) is 15.0. The van der Waals surface area contributed by atoms with Crippen LogP contribution in [0.25, 0.3) is 0 Å². The molecular formula is C27H29FN6O2. The van der Waals surface area contributed by atoms with Crippen molar-refractivity contribution < 1.29 is 13.9 Å². The maximum absolute atomic E-state index is 13.5. The first-order valence-corrected chi connectivity index (χ1v) is 11.9. The second-order valence-corrected chi connectivity index (χ2v) is 8.69. The van der Waals surface area contributed by atoms with Gasteiger partial charge in [-0.1, -0.05) is 30.3 Å². The van der Waals surface area contributed by atoms with Gasteiger partial charge in [0.2, 0.25) is 0 Å². The summed E-state index contributed by atoms with van der Waals surface area (Å²) in [6.45, 7) is 3.78. The molecule has 5 rings (SSSR count). The average molecular weight is 489 g/mol. The van der Waals surface area contributed by atoms with Crippen molar-refractivity contribution in [2.24, 2.45) is 0 Å². The zero-order chi connectivity index (χ0) is 24.9. The monoisotopic (exact) mass is 488 g/mol. The maximum Gasteiger partial charge on any atom is 0.173 e. The predicted molar refractivity (Wildman–Crippen MR) is 135 cm³/mol. The van der Waals surface area contributed by atoms with Crippen LogP contribution in [0.5, 0.6) is 11.5 Å². The number of tetrazole rings is 1. The van der Waals surface area contributed by atoms with E-state index in [0.29, 0.717) is 12.4 Å². The van der Waals surface area contributed by atoms with Gasteiger partial charge in [-0.25, -0.2) is 9.07 Å². The van der Waals surface area contributed by atoms with Crippen molar-refractivity contribution in [2.45, 2.75) is 12.6 Å². The Morgan fingerprint density at radius 1 is 0.889 bits per heavy atom. The van der Waals surface area contributed by atoms with Crippen molar-refractivity contribution in [3.63, 3.8) is 0 Å². The molecule has 0 N–H and O–H groups in total. The van der Waals surface area contributed by atoms with Gasteiger partial charge >= 0.3 is 0 Å². The summed E-state index contributed by atoms with van der Waals surface area (Å²) in [5.41, 5.74) is 3.06. The van der Waals surface area contributed by atoms with E-state index in [9.17, 15) is 4.39 Å². The number of aromatic nitrogens is 4. The summed E-state index contributed by atoms with van der Waals surface area (Å²) in [4.78, 5) is 4.77. The van der Waals surface area contributed by atoms with E-state index in [4.69, 9.17) is 9.47 Å². The molecule has 0 unspecified atom stereocenters. The minimum atomic E-state index is -0.272. The molecule has 36 heavy (non-hydrogen) atoms. The molecule has 3 aromatic carbocycles. The highest BCUT2D eigenvalue weighted by molar-refractivity contribution is 5.47. The van der Waals surface area contributed by atoms with E-state index >= 15 is 0 Å². The lowest BCUT2D eigenvalue weighted by atomic mass is 10.0. The smallest absolute Gasteiger partial charge is 0.173 e. The van der Waals surface area contributed by atoms with Crippen molar-refractivity contribution in [1.82, 2.24) is 25.1 Å². The molecule has 0 bridgehead atoms. The number of methoxy groups -OCH3 is 2. The maximum atomic E-state index is 13.5. The number of piperazine rings is 1. The van der Waals surface area contributed by atoms with Crippen LogP contribution in [-0.4, -0.2) is 65.5 Å². The topological polar surface area (TPSA) is 68.5 Å². The summed E-state index contributed by atoms with van der Waals surface area (Å²) in [7, 11) is 3.31. The van der Waals surface area contributed by atoms with Crippen molar-refractivity contribution in [3.05, 3.63) is 95.6 Å². The van der Waals surface area contributed by atoms with Crippen LogP contribution in [-0.2, 0) is 6.54 Å². The number of hydrogen-bond donors (Lipinski definition) is 0. The van der Waals surface area contributed by atoms with Crippen LogP contribution >= 0.6 is 0 Å². The first-order valence-electron chi connectivity index (χ1n) is 11.9. The summed E-state index contributed by atoms with van der Waals surface area (Å²) >= 11 is 0. The Balaban J connectivity index is 1.50. The quantitative estimate of drug-likeness (QED) is 0.374. The van der Waals surface area contributed by atoms with Crippen molar-refractivity contribution in [1.29, 1.82) is 0 Å². The van der Waals surface area contributed by atoms with E-state index in [-0.39, 0.29) is 11.9 Å². The summed E-state index contributed by atoms with van der Waals surface area (Å²) in [5.74, 6) is 1.89. The Bertz CT molecular complexity index is 1270. The summed E-state index contributed by atoms with van der Waals surface area (Å²) in [6.07, 6.45) is 0. The molecule has 0 spiro atoms. The minimum Gasteiger partial charge on any atom is -0.497 e. The number of nitrogens with zero attached hydrogens (tertiary/aromatic N) is 6. The third-order valence-corrected chi connectivity index (χ3v) is 6.58. The fourth-order valence-electron chi connectivity index (χ4n) is 4.71. The zero-order valence-corrected chi connectivity index (χ0v) is 20.4. The molecule has 8 nitrogen and oxygen atoms in total.